The standard InChI is InChI=1S/C39H38FN3O3/c1-4-25-22-43-17-16-26(25)19-35(43)39(44)32-21-29(41-34-14-15-36(45-3)30(5-2)38(32)34)18-27-20-37(42-33-9-7-6-8-31(27)33)46-23-24-10-12-28(40)13-11-24/h4-15,20-21,25-26,35,39,44H,1-2,16-19,22-23H2,3H3/t25-,26?,35-,39+/m0/s1. The van der Waals surface area contributed by atoms with Gasteiger partial charge in [0.15, 0.2) is 0 Å². The lowest BCUT2D eigenvalue weighted by molar-refractivity contribution is -0.0445. The molecule has 3 aliphatic rings. The SMILES string of the molecule is C=Cc1c(OC)ccc2nc(Cc3cc(OCc4ccc(F)cc4)nc4ccccc34)cc([C@@H](O)[C@@H]3CC4CCN3C[C@@H]4C=C)c12. The third-order valence-corrected chi connectivity index (χ3v) is 9.77. The number of rotatable bonds is 10. The highest BCUT2D eigenvalue weighted by Crippen LogP contribution is 2.43. The van der Waals surface area contributed by atoms with E-state index in [1.807, 2.05) is 36.4 Å². The van der Waals surface area contributed by atoms with Crippen LogP contribution in [0.4, 0.5) is 4.39 Å². The minimum absolute atomic E-state index is 0.00508. The molecule has 2 aromatic heterocycles. The average molecular weight is 616 g/mol. The Morgan fingerprint density at radius 3 is 2.61 bits per heavy atom. The summed E-state index contributed by atoms with van der Waals surface area (Å²) in [6.07, 6.45) is 5.73. The summed E-state index contributed by atoms with van der Waals surface area (Å²) in [5.41, 5.74) is 5.98. The first-order chi connectivity index (χ1) is 22.4. The van der Waals surface area contributed by atoms with Crippen LogP contribution >= 0.6 is 0 Å². The van der Waals surface area contributed by atoms with Gasteiger partial charge in [0.25, 0.3) is 0 Å². The van der Waals surface area contributed by atoms with Gasteiger partial charge < -0.3 is 14.6 Å². The van der Waals surface area contributed by atoms with Crippen LogP contribution in [0.15, 0.2) is 92.0 Å². The summed E-state index contributed by atoms with van der Waals surface area (Å²) >= 11 is 0. The van der Waals surface area contributed by atoms with Crippen LogP contribution in [0, 0.1) is 17.7 Å². The van der Waals surface area contributed by atoms with Crippen molar-refractivity contribution < 1.29 is 19.0 Å². The third kappa shape index (κ3) is 5.65. The number of hydrogen-bond donors (Lipinski definition) is 1. The molecule has 3 aliphatic heterocycles. The molecule has 8 rings (SSSR count). The van der Waals surface area contributed by atoms with E-state index < -0.39 is 6.10 Å². The van der Waals surface area contributed by atoms with Crippen LogP contribution in [0.5, 0.6) is 11.6 Å². The van der Waals surface area contributed by atoms with Crippen molar-refractivity contribution >= 4 is 27.9 Å². The number of benzene rings is 3. The van der Waals surface area contributed by atoms with Crippen molar-refractivity contribution in [3.05, 3.63) is 126 Å². The van der Waals surface area contributed by atoms with Gasteiger partial charge in [0.2, 0.25) is 5.88 Å². The van der Waals surface area contributed by atoms with Crippen molar-refractivity contribution in [1.29, 1.82) is 0 Å². The summed E-state index contributed by atoms with van der Waals surface area (Å²) in [5.74, 6) is 1.89. The smallest absolute Gasteiger partial charge is 0.214 e. The molecule has 2 bridgehead atoms. The minimum Gasteiger partial charge on any atom is -0.496 e. The van der Waals surface area contributed by atoms with Crippen molar-refractivity contribution in [2.24, 2.45) is 11.8 Å². The second kappa shape index (κ2) is 12.7. The monoisotopic (exact) mass is 615 g/mol. The molecule has 3 fully saturated rings. The Labute approximate surface area is 268 Å². The lowest BCUT2D eigenvalue weighted by Gasteiger charge is -2.50. The molecule has 0 aliphatic carbocycles. The van der Waals surface area contributed by atoms with E-state index in [1.54, 1.807) is 25.3 Å². The predicted molar refractivity (Wildman–Crippen MR) is 180 cm³/mol. The maximum absolute atomic E-state index is 13.4. The summed E-state index contributed by atoms with van der Waals surface area (Å²) < 4.78 is 25.2. The first kappa shape index (κ1) is 30.1. The summed E-state index contributed by atoms with van der Waals surface area (Å²) in [6.45, 7) is 10.3. The van der Waals surface area contributed by atoms with Crippen molar-refractivity contribution in [3.63, 3.8) is 0 Å². The second-order valence-corrected chi connectivity index (χ2v) is 12.4. The van der Waals surface area contributed by atoms with Gasteiger partial charge in [-0.05, 0) is 84.3 Å². The molecule has 5 atom stereocenters. The molecule has 0 spiro atoms. The molecule has 1 N–H and O–H groups in total. The summed E-state index contributed by atoms with van der Waals surface area (Å²) in [5, 5.41) is 14.1. The second-order valence-electron chi connectivity index (χ2n) is 12.4. The fraction of sp³-hybridized carbons (Fsp3) is 0.282. The fourth-order valence-corrected chi connectivity index (χ4v) is 7.42. The quantitative estimate of drug-likeness (QED) is 0.163. The Kier molecular flexibility index (Phi) is 8.28. The number of nitrogens with zero attached hydrogens (tertiary/aromatic N) is 3. The average Bonchev–Trinajstić information content (AvgIpc) is 3.10. The minimum atomic E-state index is -0.715. The van der Waals surface area contributed by atoms with E-state index >= 15 is 0 Å². The first-order valence-corrected chi connectivity index (χ1v) is 15.9. The maximum atomic E-state index is 13.4. The van der Waals surface area contributed by atoms with E-state index in [1.165, 1.54) is 12.1 Å². The molecule has 5 aromatic rings. The molecule has 3 saturated heterocycles. The van der Waals surface area contributed by atoms with Crippen LogP contribution in [-0.2, 0) is 13.0 Å². The van der Waals surface area contributed by atoms with Crippen molar-refractivity contribution in [1.82, 2.24) is 14.9 Å². The highest BCUT2D eigenvalue weighted by Gasteiger charge is 2.42. The lowest BCUT2D eigenvalue weighted by atomic mass is 9.73. The van der Waals surface area contributed by atoms with Crippen LogP contribution in [0.25, 0.3) is 27.9 Å². The molecule has 0 radical (unpaired) electrons. The topological polar surface area (TPSA) is 67.7 Å². The molecule has 3 aromatic carbocycles. The Morgan fingerprint density at radius 1 is 1.04 bits per heavy atom. The number of para-hydroxylation sites is 1. The molecule has 7 heteroatoms. The van der Waals surface area contributed by atoms with Gasteiger partial charge in [0.05, 0.1) is 24.2 Å². The van der Waals surface area contributed by atoms with Crippen molar-refractivity contribution in [3.8, 4) is 11.6 Å². The summed E-state index contributed by atoms with van der Waals surface area (Å²) in [6, 6.07) is 22.2. The molecule has 6 nitrogen and oxygen atoms in total. The number of piperidine rings is 3. The molecular weight excluding hydrogens is 577 g/mol. The van der Waals surface area contributed by atoms with Crippen LogP contribution in [-0.4, -0.2) is 46.2 Å². The van der Waals surface area contributed by atoms with Crippen LogP contribution in [0.2, 0.25) is 0 Å². The van der Waals surface area contributed by atoms with E-state index in [0.29, 0.717) is 29.9 Å². The van der Waals surface area contributed by atoms with E-state index in [0.717, 1.165) is 75.7 Å². The molecule has 2 unspecified atom stereocenters. The zero-order valence-corrected chi connectivity index (χ0v) is 26.0. The molecule has 46 heavy (non-hydrogen) atoms. The summed E-state index contributed by atoms with van der Waals surface area (Å²) in [4.78, 5) is 12.3. The zero-order valence-electron chi connectivity index (χ0n) is 26.0. The highest BCUT2D eigenvalue weighted by molar-refractivity contribution is 5.94. The Morgan fingerprint density at radius 2 is 1.87 bits per heavy atom. The number of methoxy groups -OCH3 is 1. The Hall–Kier alpha value is -4.59. The van der Waals surface area contributed by atoms with Gasteiger partial charge in [-0.15, -0.1) is 6.58 Å². The van der Waals surface area contributed by atoms with E-state index in [9.17, 15) is 9.50 Å². The van der Waals surface area contributed by atoms with E-state index in [4.69, 9.17) is 19.4 Å². The van der Waals surface area contributed by atoms with Crippen molar-refractivity contribution in [2.75, 3.05) is 20.2 Å². The van der Waals surface area contributed by atoms with Crippen LogP contribution in [0.1, 0.15) is 46.9 Å². The number of ether oxygens (including phenoxy) is 2. The number of hydrogen-bond acceptors (Lipinski definition) is 6. The molecular formula is C39H38FN3O3. The molecule has 0 saturated carbocycles. The van der Waals surface area contributed by atoms with Gasteiger partial charge in [-0.25, -0.2) is 9.37 Å². The number of aliphatic hydroxyl groups is 1. The van der Waals surface area contributed by atoms with Gasteiger partial charge in [0, 0.05) is 47.1 Å². The van der Waals surface area contributed by atoms with E-state index in [-0.39, 0.29) is 18.5 Å². The third-order valence-electron chi connectivity index (χ3n) is 9.77. The Bertz CT molecular complexity index is 1920. The number of aliphatic hydroxyl groups excluding tert-OH is 1. The predicted octanol–water partition coefficient (Wildman–Crippen LogP) is 7.67. The number of halogens is 1. The van der Waals surface area contributed by atoms with Crippen LogP contribution in [0.3, 0.4) is 0 Å². The Balaban J connectivity index is 1.29. The van der Waals surface area contributed by atoms with Gasteiger partial charge in [-0.2, -0.15) is 0 Å². The fourth-order valence-electron chi connectivity index (χ4n) is 7.42. The van der Waals surface area contributed by atoms with Gasteiger partial charge in [-0.1, -0.05) is 49.1 Å². The largest absolute Gasteiger partial charge is 0.496 e. The summed E-state index contributed by atoms with van der Waals surface area (Å²) in [7, 11) is 1.65. The van der Waals surface area contributed by atoms with Gasteiger partial charge in [-0.3, -0.25) is 9.88 Å². The normalized spacial score (nSPS) is 21.3. The molecule has 0 amide bonds. The number of pyridine rings is 2. The maximum Gasteiger partial charge on any atom is 0.214 e. The number of fused-ring (bicyclic) bond motifs is 5. The lowest BCUT2D eigenvalue weighted by Crippen LogP contribution is -2.54. The zero-order chi connectivity index (χ0) is 31.8. The van der Waals surface area contributed by atoms with Gasteiger partial charge in [0.1, 0.15) is 18.2 Å². The van der Waals surface area contributed by atoms with Crippen LogP contribution < -0.4 is 9.47 Å². The molecule has 5 heterocycles. The van der Waals surface area contributed by atoms with Gasteiger partial charge >= 0.3 is 0 Å². The highest BCUT2D eigenvalue weighted by atomic mass is 19.1. The number of aromatic nitrogens is 2. The van der Waals surface area contributed by atoms with E-state index in [2.05, 4.69) is 36.3 Å². The van der Waals surface area contributed by atoms with Crippen molar-refractivity contribution in [2.45, 2.75) is 38.0 Å². The first-order valence-electron chi connectivity index (χ1n) is 15.9. The molecule has 234 valence electrons.